The number of hydrogen-bond acceptors (Lipinski definition) is 1. The van der Waals surface area contributed by atoms with Crippen LogP contribution in [0.3, 0.4) is 0 Å². The normalized spacial score (nSPS) is 18.8. The molecule has 0 heterocycles. The molecule has 0 bridgehead atoms. The van der Waals surface area contributed by atoms with Crippen molar-refractivity contribution in [2.24, 2.45) is 5.92 Å². The maximum atomic E-state index is 3.73. The van der Waals surface area contributed by atoms with E-state index in [4.69, 9.17) is 0 Å². The first-order chi connectivity index (χ1) is 8.75. The highest BCUT2D eigenvalue weighted by Gasteiger charge is 2.14. The van der Waals surface area contributed by atoms with E-state index in [1.807, 2.05) is 0 Å². The first-order valence-corrected chi connectivity index (χ1v) is 7.53. The zero-order chi connectivity index (χ0) is 12.8. The molecule has 1 aliphatic carbocycles. The Kier molecular flexibility index (Phi) is 5.25. The van der Waals surface area contributed by atoms with E-state index >= 15 is 0 Å². The van der Waals surface area contributed by atoms with Gasteiger partial charge in [0.1, 0.15) is 0 Å². The summed E-state index contributed by atoms with van der Waals surface area (Å²) in [6.45, 7) is 5.74. The van der Waals surface area contributed by atoms with Gasteiger partial charge < -0.3 is 5.32 Å². The van der Waals surface area contributed by atoms with Crippen LogP contribution in [0.5, 0.6) is 0 Å². The van der Waals surface area contributed by atoms with Crippen molar-refractivity contribution < 1.29 is 0 Å². The van der Waals surface area contributed by atoms with Gasteiger partial charge in [-0.05, 0) is 56.7 Å². The van der Waals surface area contributed by atoms with Crippen molar-refractivity contribution in [1.82, 2.24) is 5.32 Å². The monoisotopic (exact) mass is 245 g/mol. The molecule has 1 nitrogen and oxygen atoms in total. The van der Waals surface area contributed by atoms with Gasteiger partial charge in [-0.15, -0.1) is 0 Å². The third kappa shape index (κ3) is 4.13. The Labute approximate surface area is 112 Å². The molecule has 1 unspecified atom stereocenters. The van der Waals surface area contributed by atoms with Gasteiger partial charge in [0.05, 0.1) is 0 Å². The Bertz CT molecular complexity index is 352. The molecule has 1 saturated carbocycles. The Morgan fingerprint density at radius 1 is 1.17 bits per heavy atom. The largest absolute Gasteiger partial charge is 0.314 e. The molecule has 1 heteroatoms. The second-order valence-corrected chi connectivity index (χ2v) is 5.94. The number of aryl methyl sites for hydroxylation is 1. The maximum Gasteiger partial charge on any atom is 0.00793 e. The topological polar surface area (TPSA) is 12.0 Å². The van der Waals surface area contributed by atoms with Gasteiger partial charge in [0, 0.05) is 6.04 Å². The average Bonchev–Trinajstić information content (AvgIpc) is 2.40. The van der Waals surface area contributed by atoms with Gasteiger partial charge in [-0.1, -0.05) is 43.5 Å². The van der Waals surface area contributed by atoms with Gasteiger partial charge in [-0.25, -0.2) is 0 Å². The Morgan fingerprint density at radius 3 is 2.61 bits per heavy atom. The molecule has 2 rings (SSSR count). The summed E-state index contributed by atoms with van der Waals surface area (Å²) in [6.07, 6.45) is 8.36. The van der Waals surface area contributed by atoms with E-state index in [1.54, 1.807) is 0 Å². The average molecular weight is 245 g/mol. The van der Waals surface area contributed by atoms with Crippen LogP contribution in [-0.2, 0) is 6.42 Å². The van der Waals surface area contributed by atoms with Gasteiger partial charge in [0.15, 0.2) is 0 Å². The lowest BCUT2D eigenvalue weighted by atomic mass is 9.89. The number of benzene rings is 1. The molecule has 0 aromatic heterocycles. The molecule has 1 aromatic carbocycles. The molecular formula is C17H27N. The molecule has 1 atom stereocenters. The van der Waals surface area contributed by atoms with Crippen LogP contribution in [0.4, 0.5) is 0 Å². The van der Waals surface area contributed by atoms with Gasteiger partial charge in [-0.3, -0.25) is 0 Å². The molecule has 1 aliphatic rings. The van der Waals surface area contributed by atoms with Gasteiger partial charge in [0.2, 0.25) is 0 Å². The minimum absolute atomic E-state index is 0.591. The van der Waals surface area contributed by atoms with Gasteiger partial charge >= 0.3 is 0 Å². The third-order valence-corrected chi connectivity index (χ3v) is 4.27. The summed E-state index contributed by atoms with van der Waals surface area (Å²) in [5.41, 5.74) is 2.91. The lowest BCUT2D eigenvalue weighted by Crippen LogP contribution is -2.33. The standard InChI is InChI=1S/C17H27N/c1-14-8-6-7-11-17(14)12-15(2)18-13-16-9-4-3-5-10-16/h6-8,11,15-16,18H,3-5,9-10,12-13H2,1-2H3. The first-order valence-electron chi connectivity index (χ1n) is 7.53. The Balaban J connectivity index is 1.74. The predicted octanol–water partition coefficient (Wildman–Crippen LogP) is 4.10. The molecule has 0 amide bonds. The minimum atomic E-state index is 0.591. The second-order valence-electron chi connectivity index (χ2n) is 5.94. The molecule has 1 fully saturated rings. The van der Waals surface area contributed by atoms with Crippen LogP contribution in [0.1, 0.15) is 50.2 Å². The Hall–Kier alpha value is -0.820. The highest BCUT2D eigenvalue weighted by Crippen LogP contribution is 2.23. The lowest BCUT2D eigenvalue weighted by molar-refractivity contribution is 0.330. The van der Waals surface area contributed by atoms with Crippen LogP contribution in [-0.4, -0.2) is 12.6 Å². The van der Waals surface area contributed by atoms with Crippen LogP contribution >= 0.6 is 0 Å². The smallest absolute Gasteiger partial charge is 0.00793 e. The van der Waals surface area contributed by atoms with E-state index in [0.717, 1.165) is 12.3 Å². The molecule has 0 spiro atoms. The van der Waals surface area contributed by atoms with Crippen LogP contribution in [0.2, 0.25) is 0 Å². The molecule has 0 radical (unpaired) electrons. The van der Waals surface area contributed by atoms with Crippen molar-refractivity contribution >= 4 is 0 Å². The van der Waals surface area contributed by atoms with Crippen molar-refractivity contribution in [3.63, 3.8) is 0 Å². The zero-order valence-electron chi connectivity index (χ0n) is 11.9. The predicted molar refractivity (Wildman–Crippen MR) is 78.9 cm³/mol. The fourth-order valence-corrected chi connectivity index (χ4v) is 3.00. The molecule has 0 aliphatic heterocycles. The number of rotatable bonds is 5. The van der Waals surface area contributed by atoms with E-state index in [1.165, 1.54) is 49.8 Å². The zero-order valence-corrected chi connectivity index (χ0v) is 11.9. The van der Waals surface area contributed by atoms with Crippen molar-refractivity contribution in [2.75, 3.05) is 6.54 Å². The number of hydrogen-bond donors (Lipinski definition) is 1. The Morgan fingerprint density at radius 2 is 1.89 bits per heavy atom. The lowest BCUT2D eigenvalue weighted by Gasteiger charge is -2.24. The summed E-state index contributed by atoms with van der Waals surface area (Å²) in [5, 5.41) is 3.73. The SMILES string of the molecule is Cc1ccccc1CC(C)NCC1CCCCC1. The van der Waals surface area contributed by atoms with Crippen molar-refractivity contribution in [2.45, 2.75) is 58.4 Å². The van der Waals surface area contributed by atoms with E-state index < -0.39 is 0 Å². The maximum absolute atomic E-state index is 3.73. The highest BCUT2D eigenvalue weighted by molar-refractivity contribution is 5.26. The summed E-state index contributed by atoms with van der Waals surface area (Å²) in [7, 11) is 0. The molecule has 100 valence electrons. The van der Waals surface area contributed by atoms with Crippen molar-refractivity contribution in [3.8, 4) is 0 Å². The third-order valence-electron chi connectivity index (χ3n) is 4.27. The molecule has 1 N–H and O–H groups in total. The molecule has 0 saturated heterocycles. The second kappa shape index (κ2) is 6.94. The highest BCUT2D eigenvalue weighted by atomic mass is 14.9. The van der Waals surface area contributed by atoms with Crippen molar-refractivity contribution in [3.05, 3.63) is 35.4 Å². The fraction of sp³-hybridized carbons (Fsp3) is 0.647. The van der Waals surface area contributed by atoms with Gasteiger partial charge in [0.25, 0.3) is 0 Å². The summed E-state index contributed by atoms with van der Waals surface area (Å²) < 4.78 is 0. The van der Waals surface area contributed by atoms with Crippen LogP contribution < -0.4 is 5.32 Å². The molecular weight excluding hydrogens is 218 g/mol. The molecule has 1 aromatic rings. The van der Waals surface area contributed by atoms with Crippen LogP contribution in [0, 0.1) is 12.8 Å². The minimum Gasteiger partial charge on any atom is -0.314 e. The summed E-state index contributed by atoms with van der Waals surface area (Å²) in [6, 6.07) is 9.33. The first kappa shape index (κ1) is 13.6. The van der Waals surface area contributed by atoms with E-state index in [9.17, 15) is 0 Å². The summed E-state index contributed by atoms with van der Waals surface area (Å²) in [4.78, 5) is 0. The van der Waals surface area contributed by atoms with Crippen molar-refractivity contribution in [1.29, 1.82) is 0 Å². The van der Waals surface area contributed by atoms with Crippen LogP contribution in [0.15, 0.2) is 24.3 Å². The van der Waals surface area contributed by atoms with E-state index in [-0.39, 0.29) is 0 Å². The summed E-state index contributed by atoms with van der Waals surface area (Å²) >= 11 is 0. The molecule has 18 heavy (non-hydrogen) atoms. The summed E-state index contributed by atoms with van der Waals surface area (Å²) in [5.74, 6) is 0.929. The van der Waals surface area contributed by atoms with E-state index in [0.29, 0.717) is 6.04 Å². The van der Waals surface area contributed by atoms with E-state index in [2.05, 4.69) is 43.4 Å². The van der Waals surface area contributed by atoms with Gasteiger partial charge in [-0.2, -0.15) is 0 Å². The fourth-order valence-electron chi connectivity index (χ4n) is 3.00. The quantitative estimate of drug-likeness (QED) is 0.823. The van der Waals surface area contributed by atoms with Crippen LogP contribution in [0.25, 0.3) is 0 Å². The number of nitrogens with one attached hydrogen (secondary N) is 1.